The van der Waals surface area contributed by atoms with E-state index in [1.54, 1.807) is 12.5 Å². The second-order valence-corrected chi connectivity index (χ2v) is 11.1. The van der Waals surface area contributed by atoms with Crippen molar-refractivity contribution in [3.63, 3.8) is 0 Å². The van der Waals surface area contributed by atoms with Crippen LogP contribution in [0.1, 0.15) is 53.6 Å². The number of benzene rings is 1. The van der Waals surface area contributed by atoms with Gasteiger partial charge < -0.3 is 29.7 Å². The molecule has 1 atom stereocenters. The standard InChI is InChI=1S/C27H39N5O5S/c1-5-8-28-24(33)21-13-19(14-31-9-11-37-18-27(31,2)3)6-7-22(21)29-25(34)23-17-38-26(30-23)32-10-12-36-16-20(32)15-35-4/h6-7,13,17,20H,5,8-12,14-16,18H2,1-4H3,(H,28,33)(H,29,34)/t20-/m0/s1. The maximum atomic E-state index is 13.2. The van der Waals surface area contributed by atoms with Gasteiger partial charge in [0.1, 0.15) is 5.69 Å². The van der Waals surface area contributed by atoms with E-state index in [4.69, 9.17) is 14.2 Å². The maximum Gasteiger partial charge on any atom is 0.275 e. The van der Waals surface area contributed by atoms with E-state index < -0.39 is 0 Å². The molecule has 2 fully saturated rings. The first-order valence-electron chi connectivity index (χ1n) is 13.2. The van der Waals surface area contributed by atoms with Crippen molar-refractivity contribution in [3.05, 3.63) is 40.4 Å². The fourth-order valence-electron chi connectivity index (χ4n) is 4.65. The van der Waals surface area contributed by atoms with Crippen LogP contribution in [0.3, 0.4) is 0 Å². The number of methoxy groups -OCH3 is 1. The Hall–Kier alpha value is -2.57. The topological polar surface area (TPSA) is 105 Å². The first kappa shape index (κ1) is 28.4. The first-order valence-corrected chi connectivity index (χ1v) is 14.0. The molecule has 0 aliphatic carbocycles. The van der Waals surface area contributed by atoms with Crippen LogP contribution in [0.25, 0.3) is 0 Å². The highest BCUT2D eigenvalue weighted by Crippen LogP contribution is 2.27. The van der Waals surface area contributed by atoms with Gasteiger partial charge in [0.15, 0.2) is 5.13 Å². The van der Waals surface area contributed by atoms with Gasteiger partial charge in [-0.2, -0.15) is 0 Å². The van der Waals surface area contributed by atoms with Gasteiger partial charge in [0.25, 0.3) is 11.8 Å². The molecule has 0 bridgehead atoms. The van der Waals surface area contributed by atoms with Crippen LogP contribution in [0, 0.1) is 0 Å². The minimum atomic E-state index is -0.351. The van der Waals surface area contributed by atoms with E-state index in [-0.39, 0.29) is 23.4 Å². The van der Waals surface area contributed by atoms with Gasteiger partial charge in [0.2, 0.25) is 0 Å². The van der Waals surface area contributed by atoms with Crippen molar-refractivity contribution >= 4 is 34.0 Å². The highest BCUT2D eigenvalue weighted by Gasteiger charge is 2.31. The Morgan fingerprint density at radius 1 is 1.21 bits per heavy atom. The predicted octanol–water partition coefficient (Wildman–Crippen LogP) is 3.00. The van der Waals surface area contributed by atoms with Crippen molar-refractivity contribution < 1.29 is 23.8 Å². The number of aromatic nitrogens is 1. The minimum absolute atomic E-state index is 0.0497. The summed E-state index contributed by atoms with van der Waals surface area (Å²) in [6.45, 7) is 12.1. The van der Waals surface area contributed by atoms with Crippen molar-refractivity contribution in [2.75, 3.05) is 70.0 Å². The smallest absolute Gasteiger partial charge is 0.275 e. The zero-order valence-electron chi connectivity index (χ0n) is 22.7. The van der Waals surface area contributed by atoms with E-state index in [0.29, 0.717) is 69.6 Å². The lowest BCUT2D eigenvalue weighted by Crippen LogP contribution is -2.52. The van der Waals surface area contributed by atoms with Crippen molar-refractivity contribution in [2.45, 2.75) is 45.3 Å². The third-order valence-electron chi connectivity index (χ3n) is 6.86. The number of hydrogen-bond acceptors (Lipinski definition) is 9. The summed E-state index contributed by atoms with van der Waals surface area (Å²) >= 11 is 1.42. The number of rotatable bonds is 10. The molecule has 11 heteroatoms. The lowest BCUT2D eigenvalue weighted by molar-refractivity contribution is -0.0552. The fourth-order valence-corrected chi connectivity index (χ4v) is 5.55. The molecule has 1 aromatic carbocycles. The second-order valence-electron chi connectivity index (χ2n) is 10.3. The zero-order valence-corrected chi connectivity index (χ0v) is 23.6. The van der Waals surface area contributed by atoms with E-state index in [1.165, 1.54) is 11.3 Å². The zero-order chi connectivity index (χ0) is 27.1. The van der Waals surface area contributed by atoms with Gasteiger partial charge in [0, 0.05) is 44.2 Å². The summed E-state index contributed by atoms with van der Waals surface area (Å²) < 4.78 is 16.6. The number of nitrogens with one attached hydrogen (secondary N) is 2. The molecule has 1 aromatic heterocycles. The summed E-state index contributed by atoms with van der Waals surface area (Å²) in [6.07, 6.45) is 0.822. The van der Waals surface area contributed by atoms with Crippen LogP contribution in [0.5, 0.6) is 0 Å². The summed E-state index contributed by atoms with van der Waals surface area (Å²) in [5.74, 6) is -0.560. The fraction of sp³-hybridized carbons (Fsp3) is 0.593. The van der Waals surface area contributed by atoms with Crippen LogP contribution in [-0.2, 0) is 20.8 Å². The van der Waals surface area contributed by atoms with Crippen LogP contribution < -0.4 is 15.5 Å². The van der Waals surface area contributed by atoms with Gasteiger partial charge in [0.05, 0.1) is 50.3 Å². The SMILES string of the molecule is CCCNC(=O)c1cc(CN2CCOCC2(C)C)ccc1NC(=O)c1csc(N2CCOC[C@@H]2COC)n1. The molecule has 0 radical (unpaired) electrons. The number of thiazole rings is 1. The average Bonchev–Trinajstić information content (AvgIpc) is 3.40. The van der Waals surface area contributed by atoms with Gasteiger partial charge in [-0.05, 0) is 38.0 Å². The summed E-state index contributed by atoms with van der Waals surface area (Å²) in [6, 6.07) is 5.70. The number of amides is 2. The first-order chi connectivity index (χ1) is 18.3. The summed E-state index contributed by atoms with van der Waals surface area (Å²) in [5, 5.41) is 8.37. The Morgan fingerprint density at radius 3 is 2.79 bits per heavy atom. The van der Waals surface area contributed by atoms with E-state index in [0.717, 1.165) is 23.7 Å². The number of nitrogens with zero attached hydrogens (tertiary/aromatic N) is 3. The Bertz CT molecular complexity index is 1110. The molecular formula is C27H39N5O5S. The lowest BCUT2D eigenvalue weighted by atomic mass is 10.00. The van der Waals surface area contributed by atoms with Crippen molar-refractivity contribution in [2.24, 2.45) is 0 Å². The molecule has 2 saturated heterocycles. The molecular weight excluding hydrogens is 506 g/mol. The molecule has 0 unspecified atom stereocenters. The Balaban J connectivity index is 1.52. The predicted molar refractivity (Wildman–Crippen MR) is 148 cm³/mol. The molecule has 10 nitrogen and oxygen atoms in total. The maximum absolute atomic E-state index is 13.2. The molecule has 2 aliphatic rings. The number of morpholine rings is 2. The molecule has 0 saturated carbocycles. The largest absolute Gasteiger partial charge is 0.382 e. The van der Waals surface area contributed by atoms with E-state index in [9.17, 15) is 9.59 Å². The van der Waals surface area contributed by atoms with Gasteiger partial charge in [-0.3, -0.25) is 14.5 Å². The second kappa shape index (κ2) is 13.0. The normalized spacial score (nSPS) is 19.8. The van der Waals surface area contributed by atoms with Crippen molar-refractivity contribution in [1.29, 1.82) is 0 Å². The number of hydrogen-bond donors (Lipinski definition) is 2. The molecule has 208 valence electrons. The van der Waals surface area contributed by atoms with Gasteiger partial charge in [-0.15, -0.1) is 11.3 Å². The number of carbonyl (C=O) groups excluding carboxylic acids is 2. The van der Waals surface area contributed by atoms with Gasteiger partial charge in [-0.1, -0.05) is 13.0 Å². The Labute approximate surface area is 228 Å². The van der Waals surface area contributed by atoms with Gasteiger partial charge in [-0.25, -0.2) is 4.98 Å². The highest BCUT2D eigenvalue weighted by molar-refractivity contribution is 7.14. The summed E-state index contributed by atoms with van der Waals surface area (Å²) in [5.41, 5.74) is 2.13. The molecule has 38 heavy (non-hydrogen) atoms. The summed E-state index contributed by atoms with van der Waals surface area (Å²) in [7, 11) is 1.66. The molecule has 2 N–H and O–H groups in total. The van der Waals surface area contributed by atoms with Crippen LogP contribution in [0.2, 0.25) is 0 Å². The van der Waals surface area contributed by atoms with Crippen molar-refractivity contribution in [1.82, 2.24) is 15.2 Å². The number of ether oxygens (including phenoxy) is 3. The van der Waals surface area contributed by atoms with Crippen LogP contribution in [0.15, 0.2) is 23.6 Å². The Morgan fingerprint density at radius 2 is 2.03 bits per heavy atom. The minimum Gasteiger partial charge on any atom is -0.382 e. The van der Waals surface area contributed by atoms with Crippen LogP contribution >= 0.6 is 11.3 Å². The monoisotopic (exact) mass is 545 g/mol. The number of carbonyl (C=O) groups is 2. The van der Waals surface area contributed by atoms with Crippen molar-refractivity contribution in [3.8, 4) is 0 Å². The molecule has 2 amide bonds. The molecule has 3 heterocycles. The average molecular weight is 546 g/mol. The van der Waals surface area contributed by atoms with Gasteiger partial charge >= 0.3 is 0 Å². The molecule has 0 spiro atoms. The van der Waals surface area contributed by atoms with E-state index >= 15 is 0 Å². The van der Waals surface area contributed by atoms with E-state index in [2.05, 4.69) is 39.3 Å². The summed E-state index contributed by atoms with van der Waals surface area (Å²) in [4.78, 5) is 35.4. The van der Waals surface area contributed by atoms with Crippen LogP contribution in [-0.4, -0.2) is 93.1 Å². The third-order valence-corrected chi connectivity index (χ3v) is 7.74. The third kappa shape index (κ3) is 6.89. The molecule has 2 aromatic rings. The molecule has 4 rings (SSSR count). The quantitative estimate of drug-likeness (QED) is 0.470. The number of anilines is 2. The van der Waals surface area contributed by atoms with E-state index in [1.807, 2.05) is 25.1 Å². The van der Waals surface area contributed by atoms with Crippen LogP contribution in [0.4, 0.5) is 10.8 Å². The molecule has 2 aliphatic heterocycles. The lowest BCUT2D eigenvalue weighted by Gasteiger charge is -2.42. The highest BCUT2D eigenvalue weighted by atomic mass is 32.1. The Kier molecular flexibility index (Phi) is 9.72.